The normalized spacial score (nSPS) is 14.9. The van der Waals surface area contributed by atoms with Crippen molar-refractivity contribution >= 4 is 29.0 Å². The van der Waals surface area contributed by atoms with Crippen LogP contribution in [0.3, 0.4) is 0 Å². The van der Waals surface area contributed by atoms with Crippen LogP contribution in [-0.4, -0.2) is 10.8 Å². The molecule has 1 aliphatic heterocycles. The average molecular weight is 297 g/mol. The molecule has 2 aromatic rings. The first-order valence-electron chi connectivity index (χ1n) is 6.38. The van der Waals surface area contributed by atoms with Gasteiger partial charge in [-0.3, -0.25) is 14.9 Å². The van der Waals surface area contributed by atoms with E-state index in [0.717, 1.165) is 0 Å². The van der Waals surface area contributed by atoms with Gasteiger partial charge in [0.15, 0.2) is 11.5 Å². The number of fused-ring (bicyclic) bond motifs is 1. The van der Waals surface area contributed by atoms with Crippen molar-refractivity contribution in [1.82, 2.24) is 0 Å². The van der Waals surface area contributed by atoms with Gasteiger partial charge in [0, 0.05) is 23.9 Å². The smallest absolute Gasteiger partial charge is 0.291 e. The van der Waals surface area contributed by atoms with E-state index in [2.05, 4.69) is 5.32 Å². The van der Waals surface area contributed by atoms with Gasteiger partial charge in [0.05, 0.1) is 10.6 Å². The van der Waals surface area contributed by atoms with Gasteiger partial charge in [0.25, 0.3) is 11.6 Å². The molecular formula is C15H11N3O4. The first-order chi connectivity index (χ1) is 10.5. The van der Waals surface area contributed by atoms with E-state index in [9.17, 15) is 14.9 Å². The molecule has 1 aliphatic rings. The maximum Gasteiger partial charge on any atom is 0.291 e. The van der Waals surface area contributed by atoms with Crippen molar-refractivity contribution in [3.05, 3.63) is 63.9 Å². The summed E-state index contributed by atoms with van der Waals surface area (Å²) >= 11 is 0. The molecule has 0 atom stereocenters. The quantitative estimate of drug-likeness (QED) is 0.383. The van der Waals surface area contributed by atoms with E-state index in [1.54, 1.807) is 18.2 Å². The summed E-state index contributed by atoms with van der Waals surface area (Å²) in [6, 6.07) is 10.7. The summed E-state index contributed by atoms with van der Waals surface area (Å²) in [7, 11) is 0. The van der Waals surface area contributed by atoms with Gasteiger partial charge in [-0.2, -0.15) is 0 Å². The van der Waals surface area contributed by atoms with Crippen LogP contribution in [0.1, 0.15) is 5.56 Å². The summed E-state index contributed by atoms with van der Waals surface area (Å²) in [5.41, 5.74) is 7.34. The zero-order valence-electron chi connectivity index (χ0n) is 11.3. The first kappa shape index (κ1) is 13.6. The Morgan fingerprint density at radius 1 is 1.18 bits per heavy atom. The molecule has 0 saturated heterocycles. The number of nitro benzene ring substituents is 1. The lowest BCUT2D eigenvalue weighted by atomic mass is 10.1. The number of hydrogen-bond acceptors (Lipinski definition) is 5. The molecule has 1 heterocycles. The molecule has 0 bridgehead atoms. The lowest BCUT2D eigenvalue weighted by Gasteiger charge is -2.20. The molecule has 22 heavy (non-hydrogen) atoms. The number of nitrogens with one attached hydrogen (secondary N) is 1. The first-order valence-corrected chi connectivity index (χ1v) is 6.38. The van der Waals surface area contributed by atoms with Gasteiger partial charge >= 0.3 is 0 Å². The molecule has 3 rings (SSSR count). The number of nitrogens with zero attached hydrogens (tertiary/aromatic N) is 1. The Kier molecular flexibility index (Phi) is 3.23. The van der Waals surface area contributed by atoms with Crippen molar-refractivity contribution in [2.75, 3.05) is 11.1 Å². The van der Waals surface area contributed by atoms with E-state index in [1.165, 1.54) is 30.3 Å². The van der Waals surface area contributed by atoms with E-state index in [4.69, 9.17) is 10.5 Å². The number of anilines is 2. The lowest BCUT2D eigenvalue weighted by molar-refractivity contribution is -0.384. The highest BCUT2D eigenvalue weighted by Gasteiger charge is 2.22. The second-order valence-corrected chi connectivity index (χ2v) is 4.67. The topological polar surface area (TPSA) is 107 Å². The fraction of sp³-hybridized carbons (Fsp3) is 0. The molecule has 0 fully saturated rings. The third kappa shape index (κ3) is 2.59. The van der Waals surface area contributed by atoms with Crippen LogP contribution in [0.25, 0.3) is 6.08 Å². The van der Waals surface area contributed by atoms with Gasteiger partial charge in [-0.15, -0.1) is 0 Å². The standard InChI is InChI=1S/C15H11N3O4/c16-10-3-6-12-13(8-10)22-14(15(19)17-12)7-9-1-4-11(5-2-9)18(20)21/h1-8H,16H2,(H,17,19)/b14-7+. The fourth-order valence-electron chi connectivity index (χ4n) is 2.01. The van der Waals surface area contributed by atoms with Gasteiger partial charge in [-0.25, -0.2) is 0 Å². The molecule has 3 N–H and O–H groups in total. The van der Waals surface area contributed by atoms with Gasteiger partial charge in [-0.05, 0) is 35.9 Å². The summed E-state index contributed by atoms with van der Waals surface area (Å²) in [6.07, 6.45) is 1.51. The zero-order chi connectivity index (χ0) is 15.7. The number of carbonyl (C=O) groups excluding carboxylic acids is 1. The minimum Gasteiger partial charge on any atom is -0.449 e. The molecule has 0 radical (unpaired) electrons. The fourth-order valence-corrected chi connectivity index (χ4v) is 2.01. The summed E-state index contributed by atoms with van der Waals surface area (Å²) < 4.78 is 5.54. The molecule has 110 valence electrons. The molecule has 1 amide bonds. The van der Waals surface area contributed by atoms with E-state index < -0.39 is 10.8 Å². The summed E-state index contributed by atoms with van der Waals surface area (Å²) in [4.78, 5) is 22.1. The number of amides is 1. The van der Waals surface area contributed by atoms with Crippen molar-refractivity contribution in [2.45, 2.75) is 0 Å². The number of nitro groups is 1. The summed E-state index contributed by atoms with van der Waals surface area (Å²) in [5.74, 6) is 0.148. The molecular weight excluding hydrogens is 286 g/mol. The number of benzene rings is 2. The van der Waals surface area contributed by atoms with E-state index in [0.29, 0.717) is 22.7 Å². The molecule has 0 saturated carbocycles. The highest BCUT2D eigenvalue weighted by Crippen LogP contribution is 2.33. The number of ether oxygens (including phenoxy) is 1. The predicted molar refractivity (Wildman–Crippen MR) is 81.2 cm³/mol. The van der Waals surface area contributed by atoms with Gasteiger partial charge < -0.3 is 15.8 Å². The third-order valence-electron chi connectivity index (χ3n) is 3.10. The van der Waals surface area contributed by atoms with Crippen LogP contribution in [0.15, 0.2) is 48.2 Å². The van der Waals surface area contributed by atoms with Crippen LogP contribution >= 0.6 is 0 Å². The molecule has 2 aromatic carbocycles. The van der Waals surface area contributed by atoms with Crippen molar-refractivity contribution in [1.29, 1.82) is 0 Å². The van der Waals surface area contributed by atoms with Crippen LogP contribution < -0.4 is 15.8 Å². The summed E-state index contributed by atoms with van der Waals surface area (Å²) in [6.45, 7) is 0. The molecule has 0 aromatic heterocycles. The molecule has 7 heteroatoms. The average Bonchev–Trinajstić information content (AvgIpc) is 2.49. The van der Waals surface area contributed by atoms with Crippen molar-refractivity contribution in [3.63, 3.8) is 0 Å². The van der Waals surface area contributed by atoms with Crippen molar-refractivity contribution in [3.8, 4) is 5.75 Å². The van der Waals surface area contributed by atoms with E-state index >= 15 is 0 Å². The number of non-ortho nitro benzene ring substituents is 1. The minimum absolute atomic E-state index is 0.0192. The molecule has 0 aliphatic carbocycles. The van der Waals surface area contributed by atoms with Gasteiger partial charge in [-0.1, -0.05) is 0 Å². The maximum absolute atomic E-state index is 12.0. The molecule has 0 spiro atoms. The Morgan fingerprint density at radius 2 is 1.91 bits per heavy atom. The summed E-state index contributed by atoms with van der Waals surface area (Å²) in [5, 5.41) is 13.3. The molecule has 0 unspecified atom stereocenters. The second kappa shape index (κ2) is 5.21. The number of nitrogen functional groups attached to an aromatic ring is 1. The van der Waals surface area contributed by atoms with Crippen molar-refractivity contribution in [2.24, 2.45) is 0 Å². The maximum atomic E-state index is 12.0. The lowest BCUT2D eigenvalue weighted by Crippen LogP contribution is -2.23. The number of carbonyl (C=O) groups is 1. The van der Waals surface area contributed by atoms with Crippen LogP contribution in [0, 0.1) is 10.1 Å². The largest absolute Gasteiger partial charge is 0.449 e. The predicted octanol–water partition coefficient (Wildman–Crippen LogP) is 2.55. The molecule has 7 nitrogen and oxygen atoms in total. The minimum atomic E-state index is -0.486. The van der Waals surface area contributed by atoms with Crippen LogP contribution in [-0.2, 0) is 4.79 Å². The number of hydrogen-bond donors (Lipinski definition) is 2. The van der Waals surface area contributed by atoms with Gasteiger partial charge in [0.1, 0.15) is 0 Å². The van der Waals surface area contributed by atoms with Crippen LogP contribution in [0.5, 0.6) is 5.75 Å². The number of rotatable bonds is 2. The van der Waals surface area contributed by atoms with E-state index in [-0.39, 0.29) is 11.4 Å². The number of nitrogens with two attached hydrogens (primary N) is 1. The Balaban J connectivity index is 1.91. The van der Waals surface area contributed by atoms with Crippen LogP contribution in [0.2, 0.25) is 0 Å². The monoisotopic (exact) mass is 297 g/mol. The Hall–Kier alpha value is -3.35. The highest BCUT2D eigenvalue weighted by molar-refractivity contribution is 6.08. The van der Waals surface area contributed by atoms with Gasteiger partial charge in [0.2, 0.25) is 0 Å². The zero-order valence-corrected chi connectivity index (χ0v) is 11.3. The van der Waals surface area contributed by atoms with E-state index in [1.807, 2.05) is 0 Å². The third-order valence-corrected chi connectivity index (χ3v) is 3.10. The highest BCUT2D eigenvalue weighted by atomic mass is 16.6. The Labute approximate surface area is 125 Å². The Bertz CT molecular complexity index is 797. The second-order valence-electron chi connectivity index (χ2n) is 4.67. The Morgan fingerprint density at radius 3 is 2.59 bits per heavy atom. The SMILES string of the molecule is Nc1ccc2c(c1)O/C(=C/c1ccc([N+](=O)[O-])cc1)C(=O)N2. The van der Waals surface area contributed by atoms with Crippen LogP contribution in [0.4, 0.5) is 17.1 Å². The van der Waals surface area contributed by atoms with Crippen molar-refractivity contribution < 1.29 is 14.5 Å².